The van der Waals surface area contributed by atoms with E-state index in [-0.39, 0.29) is 6.04 Å². The third-order valence-corrected chi connectivity index (χ3v) is 27.2. The molecule has 5 saturated carbocycles. The summed E-state index contributed by atoms with van der Waals surface area (Å²) in [5.74, 6) is 8.12. The van der Waals surface area contributed by atoms with Gasteiger partial charge in [0.2, 0.25) is 12.2 Å². The third kappa shape index (κ3) is 19.7. The number of benzene rings is 3. The summed E-state index contributed by atoms with van der Waals surface area (Å²) in [7, 11) is 1.88. The SMILES string of the molecule is Cn1cc(-c2cnn3c(N)cc(N4CC[C@H](N)C4)nc23)cn1.N#CCc1ccc(-c2cnn3c(N)cc(C4CCCCC4)nc23)cc1.N#Cc1ccc(-c2cnn3c(N)cc(C4CCCCC4)nc23)cc1.N#Cc1cccc(-c2cnn3c(N)cc(C4CCCCC4)nc23)c1.Nc1cc(C2CCCCC2)nc2c(-c3cnco3)cnn12.Nc1cc(C2CCCCC2)nc2c(-c3ncon3)cnn12. The highest BCUT2D eigenvalue weighted by Crippen LogP contribution is 2.42. The topological polar surface area (TPSA) is 521 Å². The number of rotatable bonds is 13. The molecule has 0 radical (unpaired) electrons. The summed E-state index contributed by atoms with van der Waals surface area (Å²) in [6, 6.07) is 41.4. The first kappa shape index (κ1) is 90.2. The molecule has 0 spiro atoms. The van der Waals surface area contributed by atoms with Crippen molar-refractivity contribution in [3.63, 3.8) is 0 Å². The number of fused-ring (bicyclic) bond motifs is 6. The highest BCUT2D eigenvalue weighted by molar-refractivity contribution is 5.83. The molecule has 5 aliphatic carbocycles. The van der Waals surface area contributed by atoms with Crippen LogP contribution in [-0.2, 0) is 13.5 Å². The van der Waals surface area contributed by atoms with Gasteiger partial charge in [0.15, 0.2) is 46.0 Å². The summed E-state index contributed by atoms with van der Waals surface area (Å²) < 4.78 is 22.0. The van der Waals surface area contributed by atoms with Gasteiger partial charge in [-0.2, -0.15) is 83.6 Å². The first-order valence-corrected chi connectivity index (χ1v) is 47.5. The Labute approximate surface area is 790 Å². The molecule has 0 unspecified atom stereocenters. The number of aromatic nitrogens is 23. The van der Waals surface area contributed by atoms with Crippen molar-refractivity contribution in [1.29, 1.82) is 15.8 Å². The fourth-order valence-corrected chi connectivity index (χ4v) is 19.9. The Balaban J connectivity index is 0.000000105. The van der Waals surface area contributed by atoms with Gasteiger partial charge in [-0.15, -0.1) is 0 Å². The largest absolute Gasteiger partial charge is 0.443 e. The molecule has 6 aliphatic rings. The van der Waals surface area contributed by atoms with Gasteiger partial charge in [-0.1, -0.05) is 150 Å². The Bertz CT molecular complexity index is 7240. The van der Waals surface area contributed by atoms with Crippen LogP contribution in [0.1, 0.15) is 242 Å². The van der Waals surface area contributed by atoms with Crippen LogP contribution in [0.2, 0.25) is 0 Å². The number of nitrogen functional groups attached to an aromatic ring is 6. The van der Waals surface area contributed by atoms with Crippen molar-refractivity contribution in [2.75, 3.05) is 52.4 Å². The van der Waals surface area contributed by atoms with Crippen molar-refractivity contribution in [2.45, 2.75) is 209 Å². The van der Waals surface area contributed by atoms with Crippen LogP contribution in [0.5, 0.6) is 0 Å². The van der Waals surface area contributed by atoms with Gasteiger partial charge in [-0.3, -0.25) is 4.68 Å². The van der Waals surface area contributed by atoms with Gasteiger partial charge in [0.25, 0.3) is 0 Å². The molecule has 1 atom stereocenters. The van der Waals surface area contributed by atoms with Gasteiger partial charge in [0, 0.05) is 155 Å². The summed E-state index contributed by atoms with van der Waals surface area (Å²) >= 11 is 0. The van der Waals surface area contributed by atoms with Crippen LogP contribution < -0.4 is 45.0 Å². The number of nitriles is 3. The summed E-state index contributed by atoms with van der Waals surface area (Å²) in [5, 5.41) is 61.0. The molecule has 3 aromatic carbocycles. The van der Waals surface area contributed by atoms with Crippen molar-refractivity contribution >= 4 is 74.6 Å². The van der Waals surface area contributed by atoms with E-state index in [0.717, 1.165) is 143 Å². The lowest BCUT2D eigenvalue weighted by Gasteiger charge is -2.21. The smallest absolute Gasteiger partial charge is 0.214 e. The van der Waals surface area contributed by atoms with Crippen molar-refractivity contribution in [3.05, 3.63) is 223 Å². The van der Waals surface area contributed by atoms with Crippen LogP contribution in [0.15, 0.2) is 187 Å². The van der Waals surface area contributed by atoms with Gasteiger partial charge in [-0.25, -0.2) is 34.9 Å². The molecule has 16 heterocycles. The molecule has 36 heteroatoms. The van der Waals surface area contributed by atoms with E-state index in [4.69, 9.17) is 94.8 Å². The van der Waals surface area contributed by atoms with Crippen molar-refractivity contribution < 1.29 is 8.94 Å². The fraction of sp³-hybridized carbons (Fsp3) is 0.356. The number of aryl methyl sites for hydroxylation is 1. The van der Waals surface area contributed by atoms with E-state index < -0.39 is 0 Å². The first-order chi connectivity index (χ1) is 67.0. The minimum Gasteiger partial charge on any atom is -0.443 e. The summed E-state index contributed by atoms with van der Waals surface area (Å²) in [5.41, 5.74) is 64.6. The molecular formula is C101H110N34O2. The molecule has 696 valence electrons. The maximum atomic E-state index is 9.12. The molecule has 0 bridgehead atoms. The zero-order chi connectivity index (χ0) is 94.0. The Morgan fingerprint density at radius 1 is 0.372 bits per heavy atom. The van der Waals surface area contributed by atoms with Crippen molar-refractivity contribution in [1.82, 2.24) is 112 Å². The fourth-order valence-electron chi connectivity index (χ4n) is 19.9. The number of nitrogens with two attached hydrogens (primary N) is 7. The van der Waals surface area contributed by atoms with Crippen LogP contribution >= 0.6 is 0 Å². The highest BCUT2D eigenvalue weighted by Gasteiger charge is 2.29. The zero-order valence-electron chi connectivity index (χ0n) is 76.6. The van der Waals surface area contributed by atoms with Crippen LogP contribution in [0.25, 0.3) is 101 Å². The Hall–Kier alpha value is -16.0. The van der Waals surface area contributed by atoms with Crippen LogP contribution in [0.3, 0.4) is 0 Å². The number of nitrogens with zero attached hydrogens (tertiary/aromatic N) is 27. The molecule has 0 amide bonds. The lowest BCUT2D eigenvalue weighted by molar-refractivity contribution is 0.419. The lowest BCUT2D eigenvalue weighted by atomic mass is 9.87. The molecule has 15 aromatic heterocycles. The van der Waals surface area contributed by atoms with E-state index >= 15 is 0 Å². The molecule has 137 heavy (non-hydrogen) atoms. The molecule has 14 N–H and O–H groups in total. The van der Waals surface area contributed by atoms with Gasteiger partial charge in [-0.05, 0) is 117 Å². The van der Waals surface area contributed by atoms with E-state index in [9.17, 15) is 0 Å². The highest BCUT2D eigenvalue weighted by atomic mass is 16.5. The van der Waals surface area contributed by atoms with Gasteiger partial charge >= 0.3 is 0 Å². The minimum atomic E-state index is 0.196. The summed E-state index contributed by atoms with van der Waals surface area (Å²) in [6.45, 7) is 1.71. The van der Waals surface area contributed by atoms with Crippen molar-refractivity contribution in [3.8, 4) is 85.4 Å². The molecule has 36 nitrogen and oxygen atoms in total. The predicted octanol–water partition coefficient (Wildman–Crippen LogP) is 17.6. The maximum Gasteiger partial charge on any atom is 0.214 e. The third-order valence-electron chi connectivity index (χ3n) is 27.2. The van der Waals surface area contributed by atoms with Gasteiger partial charge in [0.1, 0.15) is 40.7 Å². The number of oxazole rings is 1. The average molecular weight is 1830 g/mol. The molecule has 18 aromatic rings. The standard InChI is InChI=1S/C20H21N5.2C19H19N5.C15H17N5O.C14H18N8.C14H16N6O/c21-11-10-14-6-8-15(9-7-14)17-13-23-25-19(22)12-18(24-20(17)25)16-4-2-1-3-5-16;20-11-13-5-4-8-15(9-13)16-12-22-24-18(21)10-17(23-19(16)24)14-6-2-1-3-7-14;20-11-13-6-8-14(9-7-13)16-12-22-24-18(21)10-17(23-19(16)24)15-4-2-1-3-5-15;16-14-6-12(10-4-2-1-3-5-10)19-15-11(7-18-20(14)15)13-8-17-9-21-13;1-20-7-9(5-17-20)11-6-18-22-12(16)4-13(19-14(11)22)21-3-2-10(15)8-21;15-12-6-11(9-4-2-1-3-5-9)18-14-10(7-17-20(12)14)13-16-8-21-19-13/h6-9,12-13,16H,1-5,10,22H2;4-5,8-10,12,14H,1-3,6-7,21H2;6-10,12,15H,1-5,21H2;6-10H,1-5,16H2;4-7,10H,2-3,8,15-16H2,1H3;6-9H,1-5,15H2/t;;;;10-;/m....0./s1. The average Bonchev–Trinajstić information content (AvgIpc) is 1.67. The van der Waals surface area contributed by atoms with E-state index in [2.05, 4.69) is 73.9 Å². The normalized spacial score (nSPS) is 16.3. The number of hydrogen-bond acceptors (Lipinski definition) is 29. The van der Waals surface area contributed by atoms with E-state index in [1.165, 1.54) is 173 Å². The monoisotopic (exact) mass is 1830 g/mol. The van der Waals surface area contributed by atoms with Crippen LogP contribution in [0.4, 0.5) is 40.7 Å². The first-order valence-electron chi connectivity index (χ1n) is 47.5. The second kappa shape index (κ2) is 40.8. The van der Waals surface area contributed by atoms with Crippen molar-refractivity contribution in [2.24, 2.45) is 12.8 Å². The molecule has 1 aliphatic heterocycles. The minimum absolute atomic E-state index is 0.196. The Morgan fingerprint density at radius 3 is 1.14 bits per heavy atom. The number of hydrogen-bond donors (Lipinski definition) is 7. The zero-order valence-corrected chi connectivity index (χ0v) is 76.6. The molecule has 24 rings (SSSR count). The second-order valence-electron chi connectivity index (χ2n) is 36.4. The second-order valence-corrected chi connectivity index (χ2v) is 36.4. The van der Waals surface area contributed by atoms with Gasteiger partial charge in [0.05, 0.1) is 96.5 Å². The van der Waals surface area contributed by atoms with Gasteiger partial charge < -0.3 is 54.0 Å². The van der Waals surface area contributed by atoms with Crippen LogP contribution in [-0.4, -0.2) is 132 Å². The van der Waals surface area contributed by atoms with Crippen LogP contribution in [0, 0.1) is 34.0 Å². The lowest BCUT2D eigenvalue weighted by Crippen LogP contribution is -2.27. The molecule has 6 fully saturated rings. The van der Waals surface area contributed by atoms with E-state index in [1.807, 2.05) is 123 Å². The predicted molar refractivity (Wildman–Crippen MR) is 524 cm³/mol. The summed E-state index contributed by atoms with van der Waals surface area (Å²) in [4.78, 5) is 39.2. The number of anilines is 7. The quantitative estimate of drug-likeness (QED) is 0.0563. The summed E-state index contributed by atoms with van der Waals surface area (Å²) in [6.07, 6.45) is 51.1. The molecular weight excluding hydrogens is 1720 g/mol. The molecule has 1 saturated heterocycles. The maximum absolute atomic E-state index is 9.12. The Morgan fingerprint density at radius 2 is 0.759 bits per heavy atom. The van der Waals surface area contributed by atoms with E-state index in [0.29, 0.717) is 99.3 Å². The van der Waals surface area contributed by atoms with E-state index in [1.54, 1.807) is 81.2 Å². The Kier molecular flexibility index (Phi) is 26.9.